The minimum atomic E-state index is -0.394. The van der Waals surface area contributed by atoms with Gasteiger partial charge in [0.25, 0.3) is 5.91 Å². The molecule has 1 N–H and O–H groups in total. The quantitative estimate of drug-likeness (QED) is 0.515. The molecule has 0 fully saturated rings. The van der Waals surface area contributed by atoms with Crippen LogP contribution < -0.4 is 5.32 Å². The molecule has 1 amide bonds. The molecule has 116 valence electrons. The number of nitrogens with zero attached hydrogens (tertiary/aromatic N) is 1. The fourth-order valence-electron chi connectivity index (χ4n) is 1.52. The van der Waals surface area contributed by atoms with E-state index in [1.54, 1.807) is 6.08 Å². The molecule has 1 heterocycles. The van der Waals surface area contributed by atoms with Crippen LogP contribution in [0.5, 0.6) is 0 Å². The molecule has 0 aromatic carbocycles. The number of aryl methyl sites for hydroxylation is 1. The zero-order chi connectivity index (χ0) is 16.0. The molecule has 5 nitrogen and oxygen atoms in total. The number of amides is 1. The van der Waals surface area contributed by atoms with Crippen LogP contribution in [0, 0.1) is 6.92 Å². The number of aromatic nitrogens is 1. The molecule has 0 unspecified atom stereocenters. The fourth-order valence-corrected chi connectivity index (χ4v) is 2.57. The molecule has 0 bridgehead atoms. The number of ether oxygens (including phenoxy) is 1. The molecule has 1 rings (SSSR count). The van der Waals surface area contributed by atoms with Gasteiger partial charge in [-0.2, -0.15) is 0 Å². The topological polar surface area (TPSA) is 68.3 Å². The molecule has 0 atom stereocenters. The summed E-state index contributed by atoms with van der Waals surface area (Å²) in [7, 11) is 1.33. The molecule has 0 aliphatic carbocycles. The molecule has 1 aromatic rings. The van der Waals surface area contributed by atoms with Crippen molar-refractivity contribution in [3.05, 3.63) is 27.7 Å². The Morgan fingerprint density at radius 1 is 1.38 bits per heavy atom. The van der Waals surface area contributed by atoms with Gasteiger partial charge in [-0.3, -0.25) is 4.79 Å². The van der Waals surface area contributed by atoms with Crippen LogP contribution in [0.2, 0.25) is 0 Å². The van der Waals surface area contributed by atoms with Crippen molar-refractivity contribution in [2.24, 2.45) is 0 Å². The number of nitrogens with one attached hydrogen (secondary N) is 1. The third-order valence-corrected chi connectivity index (χ3v) is 4.28. The lowest BCUT2D eigenvalue weighted by molar-refractivity contribution is -0.134. The summed E-state index contributed by atoms with van der Waals surface area (Å²) in [5, 5.41) is 3.78. The Kier molecular flexibility index (Phi) is 6.08. The van der Waals surface area contributed by atoms with Gasteiger partial charge in [0.1, 0.15) is 4.88 Å². The van der Waals surface area contributed by atoms with Crippen LogP contribution >= 0.6 is 11.3 Å². The minimum Gasteiger partial charge on any atom is -0.466 e. The maximum absolute atomic E-state index is 12.1. The molecule has 0 aliphatic rings. The van der Waals surface area contributed by atoms with Gasteiger partial charge in [0.15, 0.2) is 0 Å². The number of hydrogen-bond donors (Lipinski definition) is 1. The predicted molar refractivity (Wildman–Crippen MR) is 83.7 cm³/mol. The van der Waals surface area contributed by atoms with Gasteiger partial charge >= 0.3 is 5.97 Å². The van der Waals surface area contributed by atoms with E-state index >= 15 is 0 Å². The van der Waals surface area contributed by atoms with E-state index < -0.39 is 5.97 Å². The Morgan fingerprint density at radius 2 is 2.05 bits per heavy atom. The average molecular weight is 310 g/mol. The molecule has 0 spiro atoms. The molecule has 0 radical (unpaired) electrons. The van der Waals surface area contributed by atoms with Crippen LogP contribution in [-0.4, -0.2) is 30.5 Å². The van der Waals surface area contributed by atoms with Gasteiger partial charge in [-0.1, -0.05) is 26.8 Å². The average Bonchev–Trinajstić information content (AvgIpc) is 2.80. The van der Waals surface area contributed by atoms with Crippen molar-refractivity contribution in [2.45, 2.75) is 39.5 Å². The maximum atomic E-state index is 12.1. The Hall–Kier alpha value is -1.69. The molecule has 1 aromatic heterocycles. The van der Waals surface area contributed by atoms with E-state index in [-0.39, 0.29) is 11.3 Å². The van der Waals surface area contributed by atoms with Crippen molar-refractivity contribution in [3.8, 4) is 0 Å². The standard InChI is InChI=1S/C15H22N2O3S/c1-10-12(21-14(17-10)15(2,3)4)13(19)16-9-7-6-8-11(18)20-5/h6,8H,7,9H2,1-5H3,(H,16,19)/b8-6+. The summed E-state index contributed by atoms with van der Waals surface area (Å²) in [4.78, 5) is 28.1. The Morgan fingerprint density at radius 3 is 2.57 bits per heavy atom. The van der Waals surface area contributed by atoms with Gasteiger partial charge in [-0.15, -0.1) is 11.3 Å². The number of hydrogen-bond acceptors (Lipinski definition) is 5. The summed E-state index contributed by atoms with van der Waals surface area (Å²) in [5.41, 5.74) is 0.699. The first-order valence-corrected chi connectivity index (χ1v) is 7.58. The van der Waals surface area contributed by atoms with E-state index in [1.807, 2.05) is 6.92 Å². The third-order valence-electron chi connectivity index (χ3n) is 2.70. The highest BCUT2D eigenvalue weighted by Crippen LogP contribution is 2.29. The summed E-state index contributed by atoms with van der Waals surface area (Å²) < 4.78 is 4.48. The van der Waals surface area contributed by atoms with E-state index in [2.05, 4.69) is 35.8 Å². The van der Waals surface area contributed by atoms with E-state index in [4.69, 9.17) is 0 Å². The zero-order valence-corrected chi connectivity index (χ0v) is 14.0. The Balaban J connectivity index is 2.55. The predicted octanol–water partition coefficient (Wildman–Crippen LogP) is 2.60. The molecular weight excluding hydrogens is 288 g/mol. The number of methoxy groups -OCH3 is 1. The Labute approximate surface area is 129 Å². The maximum Gasteiger partial charge on any atom is 0.330 e. The van der Waals surface area contributed by atoms with Gasteiger partial charge in [0, 0.05) is 18.0 Å². The number of thiazole rings is 1. The largest absolute Gasteiger partial charge is 0.466 e. The van der Waals surface area contributed by atoms with Crippen molar-refractivity contribution in [1.29, 1.82) is 0 Å². The van der Waals surface area contributed by atoms with Crippen LogP contribution in [-0.2, 0) is 14.9 Å². The van der Waals surface area contributed by atoms with E-state index in [0.29, 0.717) is 17.8 Å². The molecular formula is C15H22N2O3S. The van der Waals surface area contributed by atoms with E-state index in [9.17, 15) is 9.59 Å². The SMILES string of the molecule is COC(=O)/C=C/CCNC(=O)c1sc(C(C)(C)C)nc1C. The molecule has 0 aliphatic heterocycles. The highest BCUT2D eigenvalue weighted by molar-refractivity contribution is 7.14. The summed E-state index contributed by atoms with van der Waals surface area (Å²) in [6.45, 7) is 8.53. The number of carbonyl (C=O) groups is 2. The van der Waals surface area contributed by atoms with Crippen LogP contribution in [0.1, 0.15) is 47.6 Å². The summed E-state index contributed by atoms with van der Waals surface area (Å²) in [6.07, 6.45) is 3.60. The van der Waals surface area contributed by atoms with E-state index in [0.717, 1.165) is 10.7 Å². The van der Waals surface area contributed by atoms with Crippen LogP contribution in [0.25, 0.3) is 0 Å². The molecule has 0 saturated heterocycles. The van der Waals surface area contributed by atoms with E-state index in [1.165, 1.54) is 24.5 Å². The van der Waals surface area contributed by atoms with Gasteiger partial charge in [-0.25, -0.2) is 9.78 Å². The fraction of sp³-hybridized carbons (Fsp3) is 0.533. The summed E-state index contributed by atoms with van der Waals surface area (Å²) in [5.74, 6) is -0.513. The van der Waals surface area contributed by atoms with Crippen LogP contribution in [0.4, 0.5) is 0 Å². The zero-order valence-electron chi connectivity index (χ0n) is 13.1. The first kappa shape index (κ1) is 17.4. The van der Waals surface area contributed by atoms with Crippen molar-refractivity contribution in [3.63, 3.8) is 0 Å². The second kappa shape index (κ2) is 7.36. The minimum absolute atomic E-state index is 0.0583. The second-order valence-corrected chi connectivity index (χ2v) is 6.65. The van der Waals surface area contributed by atoms with Gasteiger partial charge < -0.3 is 10.1 Å². The van der Waals surface area contributed by atoms with Gasteiger partial charge in [0.05, 0.1) is 17.8 Å². The van der Waals surface area contributed by atoms with Crippen molar-refractivity contribution in [1.82, 2.24) is 10.3 Å². The molecule has 0 saturated carbocycles. The normalized spacial score (nSPS) is 11.7. The summed E-state index contributed by atoms with van der Waals surface area (Å²) >= 11 is 1.43. The summed E-state index contributed by atoms with van der Waals surface area (Å²) in [6, 6.07) is 0. The number of rotatable bonds is 5. The van der Waals surface area contributed by atoms with Crippen molar-refractivity contribution >= 4 is 23.2 Å². The molecule has 6 heteroatoms. The number of carbonyl (C=O) groups excluding carboxylic acids is 2. The molecule has 21 heavy (non-hydrogen) atoms. The van der Waals surface area contributed by atoms with Crippen LogP contribution in [0.15, 0.2) is 12.2 Å². The van der Waals surface area contributed by atoms with Crippen LogP contribution in [0.3, 0.4) is 0 Å². The van der Waals surface area contributed by atoms with Crippen molar-refractivity contribution < 1.29 is 14.3 Å². The lowest BCUT2D eigenvalue weighted by atomic mass is 9.98. The lowest BCUT2D eigenvalue weighted by Gasteiger charge is -2.13. The monoisotopic (exact) mass is 310 g/mol. The first-order valence-electron chi connectivity index (χ1n) is 6.76. The van der Waals surface area contributed by atoms with Crippen molar-refractivity contribution in [2.75, 3.05) is 13.7 Å². The highest BCUT2D eigenvalue weighted by atomic mass is 32.1. The van der Waals surface area contributed by atoms with Gasteiger partial charge in [0.2, 0.25) is 0 Å². The Bertz CT molecular complexity index is 542. The first-order chi connectivity index (χ1) is 9.75. The second-order valence-electron chi connectivity index (χ2n) is 5.65. The smallest absolute Gasteiger partial charge is 0.330 e. The lowest BCUT2D eigenvalue weighted by Crippen LogP contribution is -2.23. The van der Waals surface area contributed by atoms with Gasteiger partial charge in [-0.05, 0) is 13.3 Å². The number of esters is 1. The third kappa shape index (κ3) is 5.30. The highest BCUT2D eigenvalue weighted by Gasteiger charge is 2.22.